The summed E-state index contributed by atoms with van der Waals surface area (Å²) < 4.78 is 57.1. The topological polar surface area (TPSA) is 71.2 Å². The van der Waals surface area contributed by atoms with Gasteiger partial charge in [-0.25, -0.2) is 9.07 Å². The van der Waals surface area contributed by atoms with E-state index in [1.165, 1.54) is 35.2 Å². The summed E-state index contributed by atoms with van der Waals surface area (Å²) in [5.41, 5.74) is 2.03. The predicted octanol–water partition coefficient (Wildman–Crippen LogP) is 3.98. The van der Waals surface area contributed by atoms with Gasteiger partial charge in [0.25, 0.3) is 5.91 Å². The predicted molar refractivity (Wildman–Crippen MR) is 99.8 cm³/mol. The molecule has 6 nitrogen and oxygen atoms in total. The number of aromatic nitrogens is 2. The van der Waals surface area contributed by atoms with Crippen LogP contribution in [-0.4, -0.2) is 33.4 Å². The minimum absolute atomic E-state index is 0.125. The summed E-state index contributed by atoms with van der Waals surface area (Å²) in [7, 11) is 0. The first kappa shape index (κ1) is 20.4. The van der Waals surface area contributed by atoms with Gasteiger partial charge in [0.2, 0.25) is 0 Å². The number of amides is 1. The fraction of sp³-hybridized carbons (Fsp3) is 0.190. The van der Waals surface area contributed by atoms with E-state index >= 15 is 0 Å². The Morgan fingerprint density at radius 2 is 1.90 bits per heavy atom. The van der Waals surface area contributed by atoms with E-state index in [4.69, 9.17) is 10.00 Å². The second-order valence-electron chi connectivity index (χ2n) is 6.91. The van der Waals surface area contributed by atoms with Crippen molar-refractivity contribution in [2.24, 2.45) is 0 Å². The highest BCUT2D eigenvalue weighted by Crippen LogP contribution is 2.29. The Morgan fingerprint density at radius 1 is 1.16 bits per heavy atom. The van der Waals surface area contributed by atoms with Gasteiger partial charge in [-0.05, 0) is 42.5 Å². The van der Waals surface area contributed by atoms with Crippen molar-refractivity contribution in [3.63, 3.8) is 0 Å². The third-order valence-corrected chi connectivity index (χ3v) is 4.69. The molecule has 1 aliphatic heterocycles. The minimum Gasteiger partial charge on any atom is -0.483 e. The normalized spacial score (nSPS) is 13.1. The van der Waals surface area contributed by atoms with Gasteiger partial charge < -0.3 is 9.64 Å². The van der Waals surface area contributed by atoms with E-state index in [1.807, 2.05) is 6.07 Å². The maximum absolute atomic E-state index is 13.1. The van der Waals surface area contributed by atoms with Gasteiger partial charge in [0.05, 0.1) is 35.1 Å². The fourth-order valence-electron chi connectivity index (χ4n) is 3.24. The van der Waals surface area contributed by atoms with Crippen LogP contribution in [0.15, 0.2) is 48.7 Å². The first-order valence-corrected chi connectivity index (χ1v) is 9.10. The summed E-state index contributed by atoms with van der Waals surface area (Å²) in [6.07, 6.45) is -2.86. The van der Waals surface area contributed by atoms with Crippen LogP contribution in [0.3, 0.4) is 0 Å². The van der Waals surface area contributed by atoms with Crippen LogP contribution in [0.2, 0.25) is 0 Å². The second kappa shape index (κ2) is 7.75. The molecule has 1 aromatic heterocycles. The van der Waals surface area contributed by atoms with Crippen LogP contribution in [0.4, 0.5) is 17.6 Å². The van der Waals surface area contributed by atoms with Gasteiger partial charge in [0.1, 0.15) is 11.6 Å². The van der Waals surface area contributed by atoms with Gasteiger partial charge in [-0.2, -0.15) is 23.5 Å². The molecule has 0 saturated heterocycles. The summed E-state index contributed by atoms with van der Waals surface area (Å²) >= 11 is 0. The summed E-state index contributed by atoms with van der Waals surface area (Å²) in [4.78, 5) is 14.4. The number of benzene rings is 2. The summed E-state index contributed by atoms with van der Waals surface area (Å²) in [5.74, 6) is -1.19. The maximum Gasteiger partial charge on any atom is 0.422 e. The maximum atomic E-state index is 13.1. The number of alkyl halides is 3. The Hall–Kier alpha value is -3.87. The van der Waals surface area contributed by atoms with E-state index in [1.54, 1.807) is 23.0 Å². The van der Waals surface area contributed by atoms with E-state index in [0.29, 0.717) is 11.4 Å². The number of hydrogen-bond donors (Lipinski definition) is 0. The summed E-state index contributed by atoms with van der Waals surface area (Å²) in [5, 5.41) is 13.5. The molecular formula is C21H14F4N4O2. The quantitative estimate of drug-likeness (QED) is 0.587. The number of ether oxygens (including phenoxy) is 1. The van der Waals surface area contributed by atoms with Gasteiger partial charge in [0, 0.05) is 18.3 Å². The van der Waals surface area contributed by atoms with Gasteiger partial charge >= 0.3 is 6.18 Å². The minimum atomic E-state index is -4.57. The van der Waals surface area contributed by atoms with Crippen molar-refractivity contribution in [1.82, 2.24) is 14.7 Å². The zero-order valence-electron chi connectivity index (χ0n) is 15.9. The summed E-state index contributed by atoms with van der Waals surface area (Å²) in [6, 6.07) is 11.3. The van der Waals surface area contributed by atoms with E-state index in [9.17, 15) is 22.4 Å². The SMILES string of the molecule is N#Cc1ccc(OCC(F)(F)F)c(C(=O)N2Cc3cn(-c4ccc(F)cc4)nc3C2)c1. The third-order valence-electron chi connectivity index (χ3n) is 4.69. The van der Waals surface area contributed by atoms with Crippen molar-refractivity contribution in [3.05, 3.63) is 76.9 Å². The lowest BCUT2D eigenvalue weighted by molar-refractivity contribution is -0.153. The molecule has 1 amide bonds. The van der Waals surface area contributed by atoms with Crippen LogP contribution in [0.1, 0.15) is 27.2 Å². The first-order chi connectivity index (χ1) is 14.7. The lowest BCUT2D eigenvalue weighted by Crippen LogP contribution is -2.27. The number of nitriles is 1. The van der Waals surface area contributed by atoms with Crippen LogP contribution >= 0.6 is 0 Å². The molecule has 10 heteroatoms. The van der Waals surface area contributed by atoms with E-state index in [-0.39, 0.29) is 35.8 Å². The number of carbonyl (C=O) groups excluding carboxylic acids is 1. The molecule has 0 unspecified atom stereocenters. The highest BCUT2D eigenvalue weighted by Gasteiger charge is 2.32. The summed E-state index contributed by atoms with van der Waals surface area (Å²) in [6.45, 7) is -1.23. The average Bonchev–Trinajstić information content (AvgIpc) is 3.31. The molecule has 158 valence electrons. The average molecular weight is 430 g/mol. The van der Waals surface area contributed by atoms with Crippen molar-refractivity contribution in [3.8, 4) is 17.5 Å². The number of carbonyl (C=O) groups is 1. The smallest absolute Gasteiger partial charge is 0.422 e. The first-order valence-electron chi connectivity index (χ1n) is 9.10. The zero-order chi connectivity index (χ0) is 22.2. The molecule has 0 saturated carbocycles. The van der Waals surface area contributed by atoms with Gasteiger partial charge in [-0.3, -0.25) is 4.79 Å². The molecule has 4 rings (SSSR count). The molecule has 0 bridgehead atoms. The van der Waals surface area contributed by atoms with Crippen molar-refractivity contribution < 1.29 is 27.1 Å². The molecule has 0 N–H and O–H groups in total. The molecule has 0 fully saturated rings. The molecular weight excluding hydrogens is 416 g/mol. The number of halogens is 4. The van der Waals surface area contributed by atoms with Crippen LogP contribution in [0.5, 0.6) is 5.75 Å². The molecule has 2 aromatic carbocycles. The Balaban J connectivity index is 1.55. The second-order valence-corrected chi connectivity index (χ2v) is 6.91. The highest BCUT2D eigenvalue weighted by molar-refractivity contribution is 5.97. The van der Waals surface area contributed by atoms with Crippen molar-refractivity contribution in [1.29, 1.82) is 5.26 Å². The van der Waals surface area contributed by atoms with Gasteiger partial charge in [-0.1, -0.05) is 0 Å². The van der Waals surface area contributed by atoms with Gasteiger partial charge in [-0.15, -0.1) is 0 Å². The molecule has 0 spiro atoms. The molecule has 31 heavy (non-hydrogen) atoms. The lowest BCUT2D eigenvalue weighted by atomic mass is 10.1. The molecule has 0 atom stereocenters. The van der Waals surface area contributed by atoms with Crippen LogP contribution in [0, 0.1) is 17.1 Å². The number of fused-ring (bicyclic) bond motifs is 1. The third kappa shape index (κ3) is 4.35. The van der Waals surface area contributed by atoms with Crippen LogP contribution in [0.25, 0.3) is 5.69 Å². The Bertz CT molecular complexity index is 1160. The van der Waals surface area contributed by atoms with Gasteiger partial charge in [0.15, 0.2) is 6.61 Å². The number of rotatable bonds is 4. The zero-order valence-corrected chi connectivity index (χ0v) is 15.9. The Kier molecular flexibility index (Phi) is 5.10. The standard InChI is InChI=1S/C21H14F4N4O2/c22-15-2-4-16(5-3-15)29-10-14-9-28(11-18(14)27-29)20(30)17-7-13(8-26)1-6-19(17)31-12-21(23,24)25/h1-7,10H,9,11-12H2. The lowest BCUT2D eigenvalue weighted by Gasteiger charge is -2.19. The van der Waals surface area contributed by atoms with Crippen molar-refractivity contribution in [2.75, 3.05) is 6.61 Å². The Morgan fingerprint density at radius 3 is 2.55 bits per heavy atom. The van der Waals surface area contributed by atoms with E-state index in [0.717, 1.165) is 5.56 Å². The molecule has 3 aromatic rings. The monoisotopic (exact) mass is 430 g/mol. The number of nitrogens with zero attached hydrogens (tertiary/aromatic N) is 4. The molecule has 1 aliphatic rings. The van der Waals surface area contributed by atoms with Crippen LogP contribution < -0.4 is 4.74 Å². The number of hydrogen-bond acceptors (Lipinski definition) is 4. The molecule has 0 aliphatic carbocycles. The van der Waals surface area contributed by atoms with Crippen molar-refractivity contribution >= 4 is 5.91 Å². The molecule has 2 heterocycles. The van der Waals surface area contributed by atoms with E-state index in [2.05, 4.69) is 5.10 Å². The van der Waals surface area contributed by atoms with Crippen molar-refractivity contribution in [2.45, 2.75) is 19.3 Å². The highest BCUT2D eigenvalue weighted by atomic mass is 19.4. The van der Waals surface area contributed by atoms with Crippen LogP contribution in [-0.2, 0) is 13.1 Å². The fourth-order valence-corrected chi connectivity index (χ4v) is 3.24. The molecule has 0 radical (unpaired) electrons. The Labute approximate surface area is 173 Å². The van der Waals surface area contributed by atoms with E-state index < -0.39 is 18.7 Å². The largest absolute Gasteiger partial charge is 0.483 e.